The highest BCUT2D eigenvalue weighted by Gasteiger charge is 2.70. The lowest BCUT2D eigenvalue weighted by molar-refractivity contribution is -0.00107. The predicted molar refractivity (Wildman–Crippen MR) is 63.4 cm³/mol. The van der Waals surface area contributed by atoms with Gasteiger partial charge < -0.3 is 4.74 Å². The standard InChI is InChI=1S/C10H18ClNO3S/c1-9(2)8(10(3,11)16(9,13)14)12-4-6-15-7-5-12/h8H,4-7H2,1-3H3/t8-,10?/m0/s1. The van der Waals surface area contributed by atoms with Crippen LogP contribution >= 0.6 is 11.6 Å². The van der Waals surface area contributed by atoms with E-state index in [4.69, 9.17) is 16.3 Å². The first-order valence-electron chi connectivity index (χ1n) is 5.48. The van der Waals surface area contributed by atoms with Crippen LogP contribution in [0.1, 0.15) is 20.8 Å². The van der Waals surface area contributed by atoms with E-state index in [9.17, 15) is 8.42 Å². The molecule has 0 aromatic carbocycles. The van der Waals surface area contributed by atoms with Gasteiger partial charge in [0.05, 0.1) is 24.0 Å². The molecule has 2 fully saturated rings. The lowest BCUT2D eigenvalue weighted by Crippen LogP contribution is -2.77. The van der Waals surface area contributed by atoms with E-state index in [-0.39, 0.29) is 6.04 Å². The van der Waals surface area contributed by atoms with Crippen molar-refractivity contribution in [3.8, 4) is 0 Å². The van der Waals surface area contributed by atoms with E-state index in [1.807, 2.05) is 0 Å². The molecule has 6 heteroatoms. The van der Waals surface area contributed by atoms with Crippen molar-refractivity contribution in [1.82, 2.24) is 4.90 Å². The zero-order chi connectivity index (χ0) is 12.2. The van der Waals surface area contributed by atoms with Gasteiger partial charge in [-0.25, -0.2) is 8.42 Å². The molecule has 94 valence electrons. The molecule has 0 aromatic rings. The number of rotatable bonds is 1. The molecular formula is C10H18ClNO3S. The quantitative estimate of drug-likeness (QED) is 0.661. The van der Waals surface area contributed by atoms with Gasteiger partial charge in [0, 0.05) is 13.1 Å². The smallest absolute Gasteiger partial charge is 0.178 e. The van der Waals surface area contributed by atoms with Gasteiger partial charge >= 0.3 is 0 Å². The van der Waals surface area contributed by atoms with Crippen LogP contribution in [0.4, 0.5) is 0 Å². The molecule has 0 aromatic heterocycles. The summed E-state index contributed by atoms with van der Waals surface area (Å²) in [6.07, 6.45) is 0. The number of sulfone groups is 1. The van der Waals surface area contributed by atoms with Gasteiger partial charge in [0.2, 0.25) is 0 Å². The molecule has 2 aliphatic rings. The van der Waals surface area contributed by atoms with E-state index in [1.165, 1.54) is 0 Å². The van der Waals surface area contributed by atoms with Gasteiger partial charge in [0.25, 0.3) is 0 Å². The van der Waals surface area contributed by atoms with Gasteiger partial charge in [-0.1, -0.05) is 0 Å². The van der Waals surface area contributed by atoms with Gasteiger partial charge in [-0.05, 0) is 20.8 Å². The Hall–Kier alpha value is 0.160. The topological polar surface area (TPSA) is 46.6 Å². The molecule has 0 radical (unpaired) electrons. The number of hydrogen-bond acceptors (Lipinski definition) is 4. The average Bonchev–Trinajstić information content (AvgIpc) is 2.17. The zero-order valence-electron chi connectivity index (χ0n) is 9.86. The number of nitrogens with zero attached hydrogens (tertiary/aromatic N) is 1. The van der Waals surface area contributed by atoms with E-state index in [2.05, 4.69) is 4.90 Å². The molecule has 1 unspecified atom stereocenters. The number of alkyl halides is 1. The molecule has 16 heavy (non-hydrogen) atoms. The van der Waals surface area contributed by atoms with Crippen molar-refractivity contribution in [2.24, 2.45) is 0 Å². The number of ether oxygens (including phenoxy) is 1. The van der Waals surface area contributed by atoms with Gasteiger partial charge in [0.15, 0.2) is 14.0 Å². The number of hydrogen-bond donors (Lipinski definition) is 0. The molecule has 4 nitrogen and oxygen atoms in total. The molecule has 2 rings (SSSR count). The van der Waals surface area contributed by atoms with Gasteiger partial charge in [0.1, 0.15) is 0 Å². The molecule has 2 heterocycles. The van der Waals surface area contributed by atoms with Crippen molar-refractivity contribution in [1.29, 1.82) is 0 Å². The second-order valence-corrected chi connectivity index (χ2v) is 9.06. The molecular weight excluding hydrogens is 250 g/mol. The van der Waals surface area contributed by atoms with Gasteiger partial charge in [-0.15, -0.1) is 11.6 Å². The van der Waals surface area contributed by atoms with Crippen LogP contribution < -0.4 is 0 Å². The Balaban J connectivity index is 2.28. The fourth-order valence-corrected chi connectivity index (χ4v) is 6.30. The Kier molecular flexibility index (Phi) is 2.82. The minimum absolute atomic E-state index is 0.129. The van der Waals surface area contributed by atoms with Crippen LogP contribution in [0.25, 0.3) is 0 Å². The van der Waals surface area contributed by atoms with Crippen LogP contribution in [0.3, 0.4) is 0 Å². The second kappa shape index (κ2) is 3.57. The molecule has 0 N–H and O–H groups in total. The summed E-state index contributed by atoms with van der Waals surface area (Å²) in [7, 11) is -3.25. The summed E-state index contributed by atoms with van der Waals surface area (Å²) in [4.78, 5) is 2.14. The summed E-state index contributed by atoms with van der Waals surface area (Å²) in [6, 6.07) is -0.129. The molecule has 0 aliphatic carbocycles. The maximum absolute atomic E-state index is 12.1. The summed E-state index contributed by atoms with van der Waals surface area (Å²) in [5.74, 6) is 0. The molecule has 0 spiro atoms. The zero-order valence-corrected chi connectivity index (χ0v) is 11.4. The Morgan fingerprint density at radius 1 is 1.25 bits per heavy atom. The lowest BCUT2D eigenvalue weighted by Gasteiger charge is -2.58. The normalized spacial score (nSPS) is 42.6. The fourth-order valence-electron chi connectivity index (χ4n) is 2.97. The fraction of sp³-hybridized carbons (Fsp3) is 1.00. The van der Waals surface area contributed by atoms with Crippen molar-refractivity contribution in [2.45, 2.75) is 35.8 Å². The van der Waals surface area contributed by atoms with Gasteiger partial charge in [-0.3, -0.25) is 4.90 Å². The maximum atomic E-state index is 12.1. The minimum atomic E-state index is -3.25. The minimum Gasteiger partial charge on any atom is -0.379 e. The highest BCUT2D eigenvalue weighted by atomic mass is 35.5. The summed E-state index contributed by atoms with van der Waals surface area (Å²) in [5.41, 5.74) is 0. The highest BCUT2D eigenvalue weighted by Crippen LogP contribution is 2.53. The molecule has 0 saturated carbocycles. The average molecular weight is 268 g/mol. The summed E-state index contributed by atoms with van der Waals surface area (Å²) < 4.78 is 27.5. The third-order valence-electron chi connectivity index (χ3n) is 3.78. The summed E-state index contributed by atoms with van der Waals surface area (Å²) in [5, 5.41) is 0. The number of morpholine rings is 1. The van der Waals surface area contributed by atoms with Crippen molar-refractivity contribution in [3.63, 3.8) is 0 Å². The first-order chi connectivity index (χ1) is 7.23. The SMILES string of the molecule is CC1(C)[C@H](N2CCOCC2)C(C)(Cl)S1(=O)=O. The van der Waals surface area contributed by atoms with E-state index in [0.717, 1.165) is 13.1 Å². The number of halogens is 1. The van der Waals surface area contributed by atoms with Crippen molar-refractivity contribution < 1.29 is 13.2 Å². The van der Waals surface area contributed by atoms with E-state index < -0.39 is 18.8 Å². The van der Waals surface area contributed by atoms with Crippen LogP contribution in [0.2, 0.25) is 0 Å². The Morgan fingerprint density at radius 2 is 1.75 bits per heavy atom. The largest absolute Gasteiger partial charge is 0.379 e. The first-order valence-corrected chi connectivity index (χ1v) is 7.34. The van der Waals surface area contributed by atoms with Crippen LogP contribution in [0, 0.1) is 0 Å². The Morgan fingerprint density at radius 3 is 2.19 bits per heavy atom. The van der Waals surface area contributed by atoms with Crippen molar-refractivity contribution >= 4 is 21.4 Å². The Bertz CT molecular complexity index is 363. The van der Waals surface area contributed by atoms with Crippen LogP contribution in [0.5, 0.6) is 0 Å². The van der Waals surface area contributed by atoms with Crippen molar-refractivity contribution in [3.05, 3.63) is 0 Å². The van der Waals surface area contributed by atoms with Crippen LogP contribution in [-0.2, 0) is 14.6 Å². The van der Waals surface area contributed by atoms with Crippen LogP contribution in [0.15, 0.2) is 0 Å². The van der Waals surface area contributed by atoms with Crippen LogP contribution in [-0.4, -0.2) is 54.6 Å². The molecule has 2 aliphatic heterocycles. The third-order valence-corrected chi connectivity index (χ3v) is 7.47. The summed E-state index contributed by atoms with van der Waals surface area (Å²) in [6.45, 7) is 7.94. The van der Waals surface area contributed by atoms with E-state index in [0.29, 0.717) is 13.2 Å². The second-order valence-electron chi connectivity index (χ2n) is 5.14. The van der Waals surface area contributed by atoms with Gasteiger partial charge in [-0.2, -0.15) is 0 Å². The molecule has 0 bridgehead atoms. The summed E-state index contributed by atoms with van der Waals surface area (Å²) >= 11 is 6.21. The molecule has 2 saturated heterocycles. The highest BCUT2D eigenvalue weighted by molar-refractivity contribution is 7.97. The third kappa shape index (κ3) is 1.38. The molecule has 2 atom stereocenters. The maximum Gasteiger partial charge on any atom is 0.178 e. The van der Waals surface area contributed by atoms with Crippen molar-refractivity contribution in [2.75, 3.05) is 26.3 Å². The Labute approximate surface area is 102 Å². The van der Waals surface area contributed by atoms with E-state index >= 15 is 0 Å². The first kappa shape index (κ1) is 12.6. The predicted octanol–water partition coefficient (Wildman–Crippen LogP) is 0.849. The molecule has 0 amide bonds. The van der Waals surface area contributed by atoms with E-state index in [1.54, 1.807) is 20.8 Å². The monoisotopic (exact) mass is 267 g/mol. The lowest BCUT2D eigenvalue weighted by atomic mass is 9.95.